The summed E-state index contributed by atoms with van der Waals surface area (Å²) in [7, 11) is 1.62. The van der Waals surface area contributed by atoms with Gasteiger partial charge in [-0.2, -0.15) is 0 Å². The van der Waals surface area contributed by atoms with Crippen molar-refractivity contribution >= 4 is 27.5 Å². The second kappa shape index (κ2) is 8.32. The van der Waals surface area contributed by atoms with Crippen molar-refractivity contribution in [3.8, 4) is 28.5 Å². The number of hydrogen-bond acceptors (Lipinski definition) is 4. The van der Waals surface area contributed by atoms with Crippen molar-refractivity contribution in [3.05, 3.63) is 89.0 Å². The van der Waals surface area contributed by atoms with E-state index in [1.807, 2.05) is 66.7 Å². The Morgan fingerprint density at radius 2 is 1.83 bits per heavy atom. The minimum absolute atomic E-state index is 0.232. The van der Waals surface area contributed by atoms with Crippen molar-refractivity contribution in [3.63, 3.8) is 0 Å². The number of aromatic nitrogens is 1. The predicted octanol–water partition coefficient (Wildman–Crippen LogP) is 6.03. The topological polar surface area (TPSA) is 64.4 Å². The molecule has 0 aliphatic heterocycles. The molecule has 0 unspecified atom stereocenters. The van der Waals surface area contributed by atoms with E-state index in [0.717, 1.165) is 15.8 Å². The maximum absolute atomic E-state index is 12.8. The lowest BCUT2D eigenvalue weighted by atomic mass is 10.1. The first kappa shape index (κ1) is 19.0. The Labute approximate surface area is 176 Å². The molecule has 29 heavy (non-hydrogen) atoms. The van der Waals surface area contributed by atoms with Crippen LogP contribution in [0.4, 0.5) is 5.69 Å². The SMILES string of the molecule is COc1cccc(-c2cnc(-c3ccccc3C(=O)Nc3ccc(Br)cc3)o2)c1. The monoisotopic (exact) mass is 448 g/mol. The first-order valence-electron chi connectivity index (χ1n) is 8.90. The maximum Gasteiger partial charge on any atom is 0.256 e. The van der Waals surface area contributed by atoms with Crippen LogP contribution in [-0.4, -0.2) is 18.0 Å². The number of anilines is 1. The van der Waals surface area contributed by atoms with Gasteiger partial charge in [0.05, 0.1) is 18.9 Å². The molecule has 1 aromatic heterocycles. The highest BCUT2D eigenvalue weighted by Gasteiger charge is 2.17. The minimum atomic E-state index is -0.232. The van der Waals surface area contributed by atoms with Crippen LogP contribution in [0.1, 0.15) is 10.4 Å². The second-order valence-corrected chi connectivity index (χ2v) is 7.18. The van der Waals surface area contributed by atoms with Gasteiger partial charge in [0.15, 0.2) is 5.76 Å². The Morgan fingerprint density at radius 3 is 2.62 bits per heavy atom. The van der Waals surface area contributed by atoms with E-state index in [9.17, 15) is 4.79 Å². The molecule has 0 fully saturated rings. The number of oxazole rings is 1. The van der Waals surface area contributed by atoms with Gasteiger partial charge in [-0.3, -0.25) is 4.79 Å². The van der Waals surface area contributed by atoms with Gasteiger partial charge in [-0.05, 0) is 48.5 Å². The van der Waals surface area contributed by atoms with Crippen molar-refractivity contribution in [2.24, 2.45) is 0 Å². The zero-order valence-corrected chi connectivity index (χ0v) is 17.1. The van der Waals surface area contributed by atoms with Crippen LogP contribution in [0.25, 0.3) is 22.8 Å². The quantitative estimate of drug-likeness (QED) is 0.404. The third-order valence-electron chi connectivity index (χ3n) is 4.36. The molecule has 4 rings (SSSR count). The Bertz CT molecular complexity index is 1150. The molecular formula is C23H17BrN2O3. The van der Waals surface area contributed by atoms with Crippen LogP contribution in [0, 0.1) is 0 Å². The fourth-order valence-electron chi connectivity index (χ4n) is 2.91. The molecule has 0 spiro atoms. The van der Waals surface area contributed by atoms with E-state index in [1.165, 1.54) is 0 Å². The molecule has 4 aromatic rings. The summed E-state index contributed by atoms with van der Waals surface area (Å²) in [6.07, 6.45) is 1.65. The number of nitrogens with one attached hydrogen (secondary N) is 1. The first-order valence-corrected chi connectivity index (χ1v) is 9.70. The summed E-state index contributed by atoms with van der Waals surface area (Å²) >= 11 is 3.39. The number of rotatable bonds is 5. The molecule has 0 bridgehead atoms. The largest absolute Gasteiger partial charge is 0.497 e. The van der Waals surface area contributed by atoms with Crippen LogP contribution >= 0.6 is 15.9 Å². The number of amides is 1. The van der Waals surface area contributed by atoms with Crippen molar-refractivity contribution in [1.82, 2.24) is 4.98 Å². The number of carbonyl (C=O) groups excluding carboxylic acids is 1. The molecule has 0 aliphatic rings. The van der Waals surface area contributed by atoms with Crippen LogP contribution in [0.15, 0.2) is 87.9 Å². The predicted molar refractivity (Wildman–Crippen MR) is 116 cm³/mol. The smallest absolute Gasteiger partial charge is 0.256 e. The highest BCUT2D eigenvalue weighted by Crippen LogP contribution is 2.30. The third kappa shape index (κ3) is 4.22. The van der Waals surface area contributed by atoms with E-state index in [1.54, 1.807) is 19.4 Å². The molecule has 1 amide bonds. The van der Waals surface area contributed by atoms with Gasteiger partial charge in [-0.25, -0.2) is 4.98 Å². The van der Waals surface area contributed by atoms with Gasteiger partial charge in [0, 0.05) is 21.3 Å². The van der Waals surface area contributed by atoms with E-state index in [2.05, 4.69) is 26.2 Å². The lowest BCUT2D eigenvalue weighted by Crippen LogP contribution is -2.13. The van der Waals surface area contributed by atoms with Crippen LogP contribution in [-0.2, 0) is 0 Å². The lowest BCUT2D eigenvalue weighted by Gasteiger charge is -2.08. The average Bonchev–Trinajstić information content (AvgIpc) is 3.25. The van der Waals surface area contributed by atoms with Gasteiger partial charge in [0.1, 0.15) is 5.75 Å². The van der Waals surface area contributed by atoms with Crippen LogP contribution < -0.4 is 10.1 Å². The molecule has 3 aromatic carbocycles. The summed E-state index contributed by atoms with van der Waals surface area (Å²) in [5, 5.41) is 2.90. The third-order valence-corrected chi connectivity index (χ3v) is 4.89. The van der Waals surface area contributed by atoms with Crippen molar-refractivity contribution in [1.29, 1.82) is 0 Å². The molecule has 144 valence electrons. The summed E-state index contributed by atoms with van der Waals surface area (Å²) in [5.74, 6) is 1.48. The van der Waals surface area contributed by atoms with E-state index < -0.39 is 0 Å². The standard InChI is InChI=1S/C23H17BrN2O3/c1-28-18-6-4-5-15(13-18)21-14-25-23(29-21)20-8-3-2-7-19(20)22(27)26-17-11-9-16(24)10-12-17/h2-14H,1H3,(H,26,27). The number of carbonyl (C=O) groups is 1. The zero-order valence-electron chi connectivity index (χ0n) is 15.6. The molecule has 0 saturated carbocycles. The molecule has 1 heterocycles. The number of methoxy groups -OCH3 is 1. The summed E-state index contributed by atoms with van der Waals surface area (Å²) in [6.45, 7) is 0. The summed E-state index contributed by atoms with van der Waals surface area (Å²) in [5.41, 5.74) is 2.66. The molecule has 0 aliphatic carbocycles. The van der Waals surface area contributed by atoms with Gasteiger partial charge < -0.3 is 14.5 Å². The zero-order chi connectivity index (χ0) is 20.2. The Morgan fingerprint density at radius 1 is 1.03 bits per heavy atom. The fourth-order valence-corrected chi connectivity index (χ4v) is 3.17. The maximum atomic E-state index is 12.8. The molecule has 6 heteroatoms. The van der Waals surface area contributed by atoms with Crippen LogP contribution in [0.5, 0.6) is 5.75 Å². The molecule has 0 saturated heterocycles. The van der Waals surface area contributed by atoms with Crippen molar-refractivity contribution in [2.45, 2.75) is 0 Å². The second-order valence-electron chi connectivity index (χ2n) is 6.27. The van der Waals surface area contributed by atoms with Crippen molar-refractivity contribution < 1.29 is 13.9 Å². The molecule has 0 atom stereocenters. The number of nitrogens with zero attached hydrogens (tertiary/aromatic N) is 1. The van der Waals surface area contributed by atoms with E-state index >= 15 is 0 Å². The highest BCUT2D eigenvalue weighted by atomic mass is 79.9. The van der Waals surface area contributed by atoms with Crippen molar-refractivity contribution in [2.75, 3.05) is 12.4 Å². The summed E-state index contributed by atoms with van der Waals surface area (Å²) in [6, 6.07) is 22.2. The van der Waals surface area contributed by atoms with E-state index in [0.29, 0.717) is 28.5 Å². The normalized spacial score (nSPS) is 10.6. The Balaban J connectivity index is 1.64. The number of hydrogen-bond donors (Lipinski definition) is 1. The average molecular weight is 449 g/mol. The highest BCUT2D eigenvalue weighted by molar-refractivity contribution is 9.10. The first-order chi connectivity index (χ1) is 14.1. The van der Waals surface area contributed by atoms with E-state index in [4.69, 9.17) is 9.15 Å². The van der Waals surface area contributed by atoms with Gasteiger partial charge >= 0.3 is 0 Å². The van der Waals surface area contributed by atoms with Gasteiger partial charge in [-0.1, -0.05) is 40.2 Å². The van der Waals surface area contributed by atoms with E-state index in [-0.39, 0.29) is 5.91 Å². The fraction of sp³-hybridized carbons (Fsp3) is 0.0435. The molecule has 5 nitrogen and oxygen atoms in total. The van der Waals surface area contributed by atoms with Crippen LogP contribution in [0.3, 0.4) is 0 Å². The number of benzene rings is 3. The van der Waals surface area contributed by atoms with Gasteiger partial charge in [0.25, 0.3) is 5.91 Å². The summed E-state index contributed by atoms with van der Waals surface area (Å²) in [4.78, 5) is 17.2. The number of halogens is 1. The molecule has 1 N–H and O–H groups in total. The van der Waals surface area contributed by atoms with Crippen LogP contribution in [0.2, 0.25) is 0 Å². The summed E-state index contributed by atoms with van der Waals surface area (Å²) < 4.78 is 12.2. The Kier molecular flexibility index (Phi) is 5.44. The molecular weight excluding hydrogens is 432 g/mol. The Hall–Kier alpha value is -3.38. The van der Waals surface area contributed by atoms with Gasteiger partial charge in [0.2, 0.25) is 5.89 Å². The minimum Gasteiger partial charge on any atom is -0.497 e. The lowest BCUT2D eigenvalue weighted by molar-refractivity contribution is 0.102. The number of ether oxygens (including phenoxy) is 1. The molecule has 0 radical (unpaired) electrons. The van der Waals surface area contributed by atoms with Gasteiger partial charge in [-0.15, -0.1) is 0 Å².